The number of rotatable bonds is 5. The van der Waals surface area contributed by atoms with Gasteiger partial charge in [0.1, 0.15) is 0 Å². The summed E-state index contributed by atoms with van der Waals surface area (Å²) in [7, 11) is 0. The molecular weight excluding hydrogens is 242 g/mol. The summed E-state index contributed by atoms with van der Waals surface area (Å²) in [6.45, 7) is 5.66. The minimum atomic E-state index is -0.936. The van der Waals surface area contributed by atoms with Crippen molar-refractivity contribution in [3.05, 3.63) is 30.3 Å². The Morgan fingerprint density at radius 2 is 1.84 bits per heavy atom. The molecule has 1 aliphatic heterocycles. The predicted octanol–water partition coefficient (Wildman–Crippen LogP) is 1.47. The molecule has 2 N–H and O–H groups in total. The second-order valence-electron chi connectivity index (χ2n) is 4.75. The number of hydrogen-bond acceptors (Lipinski definition) is 3. The van der Waals surface area contributed by atoms with E-state index in [2.05, 4.69) is 39.4 Å². The fourth-order valence-electron chi connectivity index (χ4n) is 2.37. The van der Waals surface area contributed by atoms with E-state index in [0.717, 1.165) is 39.1 Å². The van der Waals surface area contributed by atoms with Crippen molar-refractivity contribution in [1.29, 1.82) is 0 Å². The lowest BCUT2D eigenvalue weighted by molar-refractivity contribution is 0.192. The highest BCUT2D eigenvalue weighted by Gasteiger charge is 2.16. The lowest BCUT2D eigenvalue weighted by Crippen LogP contribution is -2.47. The maximum absolute atomic E-state index is 10.3. The van der Waals surface area contributed by atoms with Crippen LogP contribution in [0.3, 0.4) is 0 Å². The molecule has 0 saturated carbocycles. The molecule has 1 aliphatic rings. The van der Waals surface area contributed by atoms with Crippen molar-refractivity contribution in [3.63, 3.8) is 0 Å². The third-order valence-electron chi connectivity index (χ3n) is 3.42. The van der Waals surface area contributed by atoms with E-state index in [1.165, 1.54) is 5.69 Å². The summed E-state index contributed by atoms with van der Waals surface area (Å²) in [5.41, 5.74) is 1.29. The number of anilines is 1. The quantitative estimate of drug-likeness (QED) is 0.790. The summed E-state index contributed by atoms with van der Waals surface area (Å²) in [5.74, 6) is 0. The highest BCUT2D eigenvalue weighted by Crippen LogP contribution is 2.15. The van der Waals surface area contributed by atoms with Gasteiger partial charge in [0.05, 0.1) is 0 Å². The molecule has 2 rings (SSSR count). The normalized spacial score (nSPS) is 16.3. The zero-order chi connectivity index (χ0) is 13.5. The highest BCUT2D eigenvalue weighted by molar-refractivity contribution is 5.64. The fraction of sp³-hybridized carbons (Fsp3) is 0.500. The summed E-state index contributed by atoms with van der Waals surface area (Å²) in [4.78, 5) is 15.1. The molecule has 0 atom stereocenters. The SMILES string of the molecule is O=C(O)NCCCN1CCN(c2ccccc2)CC1. The van der Waals surface area contributed by atoms with E-state index in [9.17, 15) is 4.79 Å². The van der Waals surface area contributed by atoms with Gasteiger partial charge in [-0.3, -0.25) is 4.90 Å². The molecule has 1 saturated heterocycles. The third-order valence-corrected chi connectivity index (χ3v) is 3.42. The standard InChI is InChI=1S/C14H21N3O2/c18-14(19)15-7-4-8-16-9-11-17(12-10-16)13-5-2-1-3-6-13/h1-3,5-6,15H,4,7-12H2,(H,18,19). The number of nitrogens with zero attached hydrogens (tertiary/aromatic N) is 2. The van der Waals surface area contributed by atoms with Crippen LogP contribution in [0.1, 0.15) is 6.42 Å². The molecule has 1 fully saturated rings. The summed E-state index contributed by atoms with van der Waals surface area (Å²) in [5, 5.41) is 10.9. The molecule has 0 unspecified atom stereocenters. The molecule has 0 radical (unpaired) electrons. The van der Waals surface area contributed by atoms with E-state index in [4.69, 9.17) is 5.11 Å². The summed E-state index contributed by atoms with van der Waals surface area (Å²) in [6.07, 6.45) is -0.0636. The zero-order valence-electron chi connectivity index (χ0n) is 11.1. The molecule has 0 spiro atoms. The largest absolute Gasteiger partial charge is 0.465 e. The van der Waals surface area contributed by atoms with Crippen LogP contribution in [0.2, 0.25) is 0 Å². The Morgan fingerprint density at radius 3 is 2.47 bits per heavy atom. The van der Waals surface area contributed by atoms with E-state index < -0.39 is 6.09 Å². The molecule has 1 aromatic rings. The van der Waals surface area contributed by atoms with Gasteiger partial charge in [0, 0.05) is 38.4 Å². The van der Waals surface area contributed by atoms with E-state index >= 15 is 0 Å². The van der Waals surface area contributed by atoms with E-state index in [1.54, 1.807) is 0 Å². The molecule has 1 amide bonds. The Morgan fingerprint density at radius 1 is 1.16 bits per heavy atom. The van der Waals surface area contributed by atoms with Crippen LogP contribution in [0.4, 0.5) is 10.5 Å². The molecule has 1 aromatic carbocycles. The van der Waals surface area contributed by atoms with Crippen LogP contribution >= 0.6 is 0 Å². The monoisotopic (exact) mass is 263 g/mol. The number of carboxylic acid groups (broad SMARTS) is 1. The van der Waals surface area contributed by atoms with Crippen LogP contribution in [0.25, 0.3) is 0 Å². The predicted molar refractivity (Wildman–Crippen MR) is 75.7 cm³/mol. The third kappa shape index (κ3) is 4.44. The van der Waals surface area contributed by atoms with Gasteiger partial charge in [0.15, 0.2) is 0 Å². The van der Waals surface area contributed by atoms with Gasteiger partial charge >= 0.3 is 6.09 Å². The first-order valence-electron chi connectivity index (χ1n) is 6.75. The van der Waals surface area contributed by atoms with Crippen LogP contribution in [0.15, 0.2) is 30.3 Å². The minimum Gasteiger partial charge on any atom is -0.465 e. The highest BCUT2D eigenvalue weighted by atomic mass is 16.4. The number of benzene rings is 1. The first-order valence-corrected chi connectivity index (χ1v) is 6.75. The average Bonchev–Trinajstić information content (AvgIpc) is 2.45. The molecule has 104 valence electrons. The number of nitrogens with one attached hydrogen (secondary N) is 1. The molecule has 0 aromatic heterocycles. The minimum absolute atomic E-state index is 0.536. The van der Waals surface area contributed by atoms with Gasteiger partial charge in [-0.25, -0.2) is 4.79 Å². The summed E-state index contributed by atoms with van der Waals surface area (Å²) >= 11 is 0. The van der Waals surface area contributed by atoms with Gasteiger partial charge in [0.25, 0.3) is 0 Å². The molecule has 5 nitrogen and oxygen atoms in total. The van der Waals surface area contributed by atoms with E-state index in [1.807, 2.05) is 6.07 Å². The van der Waals surface area contributed by atoms with Crippen molar-refractivity contribution in [3.8, 4) is 0 Å². The smallest absolute Gasteiger partial charge is 0.404 e. The van der Waals surface area contributed by atoms with E-state index in [0.29, 0.717) is 6.54 Å². The first-order chi connectivity index (χ1) is 9.25. The Labute approximate surface area is 113 Å². The van der Waals surface area contributed by atoms with Crippen molar-refractivity contribution in [2.75, 3.05) is 44.2 Å². The molecule has 19 heavy (non-hydrogen) atoms. The number of hydrogen-bond donors (Lipinski definition) is 2. The Kier molecular flexibility index (Phi) is 5.03. The van der Waals surface area contributed by atoms with Crippen LogP contribution in [0, 0.1) is 0 Å². The van der Waals surface area contributed by atoms with Crippen LogP contribution in [-0.4, -0.2) is 55.4 Å². The zero-order valence-corrected chi connectivity index (χ0v) is 11.1. The molecule has 1 heterocycles. The number of amides is 1. The van der Waals surface area contributed by atoms with Crippen molar-refractivity contribution < 1.29 is 9.90 Å². The van der Waals surface area contributed by atoms with Crippen LogP contribution in [-0.2, 0) is 0 Å². The maximum atomic E-state index is 10.3. The molecular formula is C14H21N3O2. The number of para-hydroxylation sites is 1. The number of piperazine rings is 1. The van der Waals surface area contributed by atoms with Crippen LogP contribution < -0.4 is 10.2 Å². The van der Waals surface area contributed by atoms with Gasteiger partial charge in [-0.05, 0) is 25.1 Å². The van der Waals surface area contributed by atoms with Crippen molar-refractivity contribution in [1.82, 2.24) is 10.2 Å². The average molecular weight is 263 g/mol. The number of carbonyl (C=O) groups is 1. The van der Waals surface area contributed by atoms with Gasteiger partial charge in [0.2, 0.25) is 0 Å². The molecule has 0 aliphatic carbocycles. The Balaban J connectivity index is 1.67. The van der Waals surface area contributed by atoms with Gasteiger partial charge in [-0.1, -0.05) is 18.2 Å². The Hall–Kier alpha value is -1.75. The second-order valence-corrected chi connectivity index (χ2v) is 4.75. The summed E-state index contributed by atoms with van der Waals surface area (Å²) < 4.78 is 0. The lowest BCUT2D eigenvalue weighted by Gasteiger charge is -2.36. The fourth-order valence-corrected chi connectivity index (χ4v) is 2.37. The lowest BCUT2D eigenvalue weighted by atomic mass is 10.2. The van der Waals surface area contributed by atoms with Crippen molar-refractivity contribution >= 4 is 11.8 Å². The van der Waals surface area contributed by atoms with Gasteiger partial charge < -0.3 is 15.3 Å². The maximum Gasteiger partial charge on any atom is 0.404 e. The Bertz CT molecular complexity index is 389. The first kappa shape index (κ1) is 13.7. The second kappa shape index (κ2) is 6.99. The van der Waals surface area contributed by atoms with Crippen molar-refractivity contribution in [2.24, 2.45) is 0 Å². The topological polar surface area (TPSA) is 55.8 Å². The molecule has 0 bridgehead atoms. The van der Waals surface area contributed by atoms with E-state index in [-0.39, 0.29) is 0 Å². The van der Waals surface area contributed by atoms with Gasteiger partial charge in [-0.2, -0.15) is 0 Å². The van der Waals surface area contributed by atoms with Gasteiger partial charge in [-0.15, -0.1) is 0 Å². The van der Waals surface area contributed by atoms with Crippen LogP contribution in [0.5, 0.6) is 0 Å². The molecule has 5 heteroatoms. The summed E-state index contributed by atoms with van der Waals surface area (Å²) in [6, 6.07) is 10.5. The van der Waals surface area contributed by atoms with Crippen molar-refractivity contribution in [2.45, 2.75) is 6.42 Å².